The van der Waals surface area contributed by atoms with Crippen LogP contribution in [-0.4, -0.2) is 25.7 Å². The predicted octanol–water partition coefficient (Wildman–Crippen LogP) is 3.87. The molecule has 0 aliphatic rings. The summed E-state index contributed by atoms with van der Waals surface area (Å²) in [5.41, 5.74) is 1.80. The van der Waals surface area contributed by atoms with Crippen LogP contribution in [0.15, 0.2) is 47.0 Å². The zero-order valence-corrected chi connectivity index (χ0v) is 16.0. The third-order valence-electron chi connectivity index (χ3n) is 4.34. The molecule has 0 aliphatic heterocycles. The average molecular weight is 390 g/mol. The molecule has 3 rings (SSSR count). The molecule has 1 atom stereocenters. The molecule has 0 N–H and O–H groups in total. The molecule has 142 valence electrons. The van der Waals surface area contributed by atoms with Gasteiger partial charge in [0.05, 0.1) is 12.9 Å². The van der Waals surface area contributed by atoms with Crippen LogP contribution in [0.4, 0.5) is 4.39 Å². The van der Waals surface area contributed by atoms with Crippen LogP contribution in [0.25, 0.3) is 11.4 Å². The number of sulfone groups is 1. The van der Waals surface area contributed by atoms with E-state index in [1.807, 2.05) is 0 Å². The van der Waals surface area contributed by atoms with E-state index in [1.54, 1.807) is 38.3 Å². The van der Waals surface area contributed by atoms with Gasteiger partial charge in [0.15, 0.2) is 9.84 Å². The van der Waals surface area contributed by atoms with E-state index in [0.29, 0.717) is 28.3 Å². The number of methoxy groups -OCH3 is 1. The maximum absolute atomic E-state index is 13.2. The van der Waals surface area contributed by atoms with Gasteiger partial charge in [-0.2, -0.15) is 4.98 Å². The van der Waals surface area contributed by atoms with Crippen molar-refractivity contribution in [1.29, 1.82) is 0 Å². The quantitative estimate of drug-likeness (QED) is 0.635. The standard InChI is InChI=1S/C19H19FN2O4S/c1-12-10-16(20)7-4-15(12)11-27(23,24)13(2)19-21-18(22-26-19)14-5-8-17(25-3)9-6-14/h4-10,13H,11H2,1-3H3. The lowest BCUT2D eigenvalue weighted by Gasteiger charge is -2.11. The summed E-state index contributed by atoms with van der Waals surface area (Å²) in [6.07, 6.45) is 0. The Balaban J connectivity index is 1.82. The van der Waals surface area contributed by atoms with E-state index >= 15 is 0 Å². The van der Waals surface area contributed by atoms with E-state index in [0.717, 1.165) is 0 Å². The fourth-order valence-corrected chi connectivity index (χ4v) is 3.98. The van der Waals surface area contributed by atoms with Crippen LogP contribution in [0.3, 0.4) is 0 Å². The molecule has 1 aromatic heterocycles. The van der Waals surface area contributed by atoms with Crippen LogP contribution >= 0.6 is 0 Å². The summed E-state index contributed by atoms with van der Waals surface area (Å²) in [6.45, 7) is 3.17. The summed E-state index contributed by atoms with van der Waals surface area (Å²) >= 11 is 0. The molecular formula is C19H19FN2O4S. The number of ether oxygens (including phenoxy) is 1. The predicted molar refractivity (Wildman–Crippen MR) is 98.5 cm³/mol. The molecular weight excluding hydrogens is 371 g/mol. The van der Waals surface area contributed by atoms with Gasteiger partial charge in [0, 0.05) is 5.56 Å². The van der Waals surface area contributed by atoms with E-state index in [2.05, 4.69) is 10.1 Å². The topological polar surface area (TPSA) is 82.3 Å². The SMILES string of the molecule is COc1ccc(-c2noc(C(C)S(=O)(=O)Cc3ccc(F)cc3C)n2)cc1. The van der Waals surface area contributed by atoms with Gasteiger partial charge in [-0.25, -0.2) is 12.8 Å². The number of aryl methyl sites for hydroxylation is 1. The van der Waals surface area contributed by atoms with Crippen LogP contribution < -0.4 is 4.74 Å². The van der Waals surface area contributed by atoms with Crippen LogP contribution in [0.5, 0.6) is 5.75 Å². The molecule has 0 saturated carbocycles. The van der Waals surface area contributed by atoms with Gasteiger partial charge in [-0.15, -0.1) is 0 Å². The fourth-order valence-electron chi connectivity index (χ4n) is 2.57. The highest BCUT2D eigenvalue weighted by atomic mass is 32.2. The summed E-state index contributed by atoms with van der Waals surface area (Å²) in [5.74, 6) is 0.365. The van der Waals surface area contributed by atoms with Crippen molar-refractivity contribution >= 4 is 9.84 Å². The second-order valence-electron chi connectivity index (χ2n) is 6.20. The molecule has 1 heterocycles. The van der Waals surface area contributed by atoms with Crippen LogP contribution in [-0.2, 0) is 15.6 Å². The molecule has 6 nitrogen and oxygen atoms in total. The normalized spacial score (nSPS) is 12.7. The van der Waals surface area contributed by atoms with Gasteiger partial charge in [0.1, 0.15) is 16.8 Å². The van der Waals surface area contributed by atoms with Gasteiger partial charge in [-0.1, -0.05) is 11.2 Å². The van der Waals surface area contributed by atoms with Crippen molar-refractivity contribution < 1.29 is 22.1 Å². The van der Waals surface area contributed by atoms with Gasteiger partial charge in [-0.05, 0) is 61.4 Å². The molecule has 0 bridgehead atoms. The molecule has 0 radical (unpaired) electrons. The van der Waals surface area contributed by atoms with Gasteiger partial charge in [0.2, 0.25) is 11.7 Å². The Bertz CT molecular complexity index is 1050. The maximum Gasteiger partial charge on any atom is 0.245 e. The second kappa shape index (κ2) is 7.48. The summed E-state index contributed by atoms with van der Waals surface area (Å²) in [4.78, 5) is 4.22. The van der Waals surface area contributed by atoms with Crippen molar-refractivity contribution in [2.45, 2.75) is 24.9 Å². The molecule has 0 aliphatic carbocycles. The molecule has 2 aromatic carbocycles. The molecule has 1 unspecified atom stereocenters. The van der Waals surface area contributed by atoms with E-state index in [-0.39, 0.29) is 11.6 Å². The van der Waals surface area contributed by atoms with Crippen LogP contribution in [0, 0.1) is 12.7 Å². The molecule has 0 spiro atoms. The molecule has 0 saturated heterocycles. The number of halogens is 1. The molecule has 8 heteroatoms. The number of rotatable bonds is 6. The van der Waals surface area contributed by atoms with E-state index in [9.17, 15) is 12.8 Å². The Labute approximate surface area is 156 Å². The smallest absolute Gasteiger partial charge is 0.245 e. The molecule has 27 heavy (non-hydrogen) atoms. The van der Waals surface area contributed by atoms with E-state index in [1.165, 1.54) is 25.1 Å². The lowest BCUT2D eigenvalue weighted by atomic mass is 10.1. The van der Waals surface area contributed by atoms with Gasteiger partial charge >= 0.3 is 0 Å². The van der Waals surface area contributed by atoms with Crippen molar-refractivity contribution in [2.75, 3.05) is 7.11 Å². The first-order valence-corrected chi connectivity index (χ1v) is 9.96. The number of benzene rings is 2. The maximum atomic E-state index is 13.2. The van der Waals surface area contributed by atoms with Crippen molar-refractivity contribution in [3.05, 3.63) is 65.3 Å². The number of aromatic nitrogens is 2. The summed E-state index contributed by atoms with van der Waals surface area (Å²) in [5, 5.41) is 2.89. The van der Waals surface area contributed by atoms with Gasteiger partial charge < -0.3 is 9.26 Å². The molecule has 3 aromatic rings. The van der Waals surface area contributed by atoms with E-state index in [4.69, 9.17) is 9.26 Å². The summed E-state index contributed by atoms with van der Waals surface area (Å²) < 4.78 is 49.0. The minimum atomic E-state index is -3.62. The Kier molecular flexibility index (Phi) is 5.27. The molecule has 0 fully saturated rings. The van der Waals surface area contributed by atoms with Crippen LogP contribution in [0.2, 0.25) is 0 Å². The lowest BCUT2D eigenvalue weighted by molar-refractivity contribution is 0.377. The first kappa shape index (κ1) is 19.0. The Morgan fingerprint density at radius 1 is 1.19 bits per heavy atom. The van der Waals surface area contributed by atoms with Gasteiger partial charge in [-0.3, -0.25) is 0 Å². The number of hydrogen-bond acceptors (Lipinski definition) is 6. The highest BCUT2D eigenvalue weighted by Gasteiger charge is 2.29. The first-order valence-electron chi connectivity index (χ1n) is 8.25. The first-order chi connectivity index (χ1) is 12.8. The Morgan fingerprint density at radius 2 is 1.89 bits per heavy atom. The Morgan fingerprint density at radius 3 is 2.52 bits per heavy atom. The second-order valence-corrected chi connectivity index (χ2v) is 8.53. The Hall–Kier alpha value is -2.74. The number of hydrogen-bond donors (Lipinski definition) is 0. The van der Waals surface area contributed by atoms with Crippen molar-refractivity contribution in [3.63, 3.8) is 0 Å². The minimum absolute atomic E-state index is 0.0144. The van der Waals surface area contributed by atoms with Crippen molar-refractivity contribution in [3.8, 4) is 17.1 Å². The largest absolute Gasteiger partial charge is 0.497 e. The summed E-state index contributed by atoms with van der Waals surface area (Å²) in [6, 6.07) is 11.1. The monoisotopic (exact) mass is 390 g/mol. The molecule has 0 amide bonds. The number of nitrogens with zero attached hydrogens (tertiary/aromatic N) is 2. The van der Waals surface area contributed by atoms with Crippen LogP contribution in [0.1, 0.15) is 29.2 Å². The third kappa shape index (κ3) is 4.16. The summed E-state index contributed by atoms with van der Waals surface area (Å²) in [7, 11) is -2.05. The minimum Gasteiger partial charge on any atom is -0.497 e. The lowest BCUT2D eigenvalue weighted by Crippen LogP contribution is -2.14. The highest BCUT2D eigenvalue weighted by Crippen LogP contribution is 2.27. The zero-order valence-electron chi connectivity index (χ0n) is 15.1. The van der Waals surface area contributed by atoms with Crippen molar-refractivity contribution in [1.82, 2.24) is 10.1 Å². The van der Waals surface area contributed by atoms with E-state index < -0.39 is 20.9 Å². The fraction of sp³-hybridized carbons (Fsp3) is 0.263. The van der Waals surface area contributed by atoms with Gasteiger partial charge in [0.25, 0.3) is 0 Å². The third-order valence-corrected chi connectivity index (χ3v) is 6.33. The van der Waals surface area contributed by atoms with Crippen molar-refractivity contribution in [2.24, 2.45) is 0 Å². The highest BCUT2D eigenvalue weighted by molar-refractivity contribution is 7.90. The average Bonchev–Trinajstić information content (AvgIpc) is 3.13. The zero-order chi connectivity index (χ0) is 19.6.